The Morgan fingerprint density at radius 2 is 2.30 bits per heavy atom. The second-order valence-corrected chi connectivity index (χ2v) is 6.47. The Morgan fingerprint density at radius 3 is 3.07 bits per heavy atom. The third-order valence-electron chi connectivity index (χ3n) is 4.36. The van der Waals surface area contributed by atoms with E-state index in [0.29, 0.717) is 42.1 Å². The lowest BCUT2D eigenvalue weighted by atomic mass is 10.1. The van der Waals surface area contributed by atoms with Crippen molar-refractivity contribution in [1.82, 2.24) is 29.6 Å². The molecule has 27 heavy (non-hydrogen) atoms. The minimum Gasteiger partial charge on any atom is -0.377 e. The fourth-order valence-corrected chi connectivity index (χ4v) is 3.33. The van der Waals surface area contributed by atoms with E-state index in [1.165, 1.54) is 0 Å². The van der Waals surface area contributed by atoms with E-state index < -0.39 is 0 Å². The lowest BCUT2D eigenvalue weighted by Crippen LogP contribution is -2.25. The van der Waals surface area contributed by atoms with Crippen molar-refractivity contribution in [3.8, 4) is 17.1 Å². The number of fused-ring (bicyclic) bond motifs is 5. The van der Waals surface area contributed by atoms with Gasteiger partial charge >= 0.3 is 0 Å². The highest BCUT2D eigenvalue weighted by atomic mass is 35.5. The van der Waals surface area contributed by atoms with E-state index in [9.17, 15) is 4.79 Å². The average molecular weight is 385 g/mol. The Balaban J connectivity index is 1.92. The second kappa shape index (κ2) is 6.98. The highest BCUT2D eigenvalue weighted by molar-refractivity contribution is 6.31. The van der Waals surface area contributed by atoms with Gasteiger partial charge in [-0.3, -0.25) is 9.36 Å². The van der Waals surface area contributed by atoms with Crippen molar-refractivity contribution >= 4 is 17.5 Å². The number of carbonyl (C=O) groups is 1. The number of aromatic nitrogens is 5. The first-order chi connectivity index (χ1) is 13.1. The maximum Gasteiger partial charge on any atom is 0.272 e. The maximum absolute atomic E-state index is 12.6. The van der Waals surface area contributed by atoms with E-state index in [1.807, 2.05) is 21.3 Å². The summed E-state index contributed by atoms with van der Waals surface area (Å²) in [4.78, 5) is 16.9. The largest absolute Gasteiger partial charge is 0.377 e. The maximum atomic E-state index is 12.6. The number of benzene rings is 1. The number of hydrogen-bond donors (Lipinski definition) is 1. The normalized spacial score (nSPS) is 11.9. The molecule has 1 aromatic carbocycles. The van der Waals surface area contributed by atoms with Crippen LogP contribution in [0.25, 0.3) is 17.1 Å². The molecule has 0 radical (unpaired) electrons. The molecule has 0 saturated heterocycles. The van der Waals surface area contributed by atoms with Gasteiger partial charge < -0.3 is 14.6 Å². The van der Waals surface area contributed by atoms with E-state index in [0.717, 1.165) is 16.9 Å². The van der Waals surface area contributed by atoms with Crippen molar-refractivity contribution in [3.63, 3.8) is 0 Å². The smallest absolute Gasteiger partial charge is 0.272 e. The lowest BCUT2D eigenvalue weighted by molar-refractivity contribution is 0.0952. The number of imidazole rings is 1. The van der Waals surface area contributed by atoms with Crippen molar-refractivity contribution in [2.45, 2.75) is 13.2 Å². The monoisotopic (exact) mass is 384 g/mol. The lowest BCUT2D eigenvalue weighted by Gasteiger charge is -2.09. The molecule has 0 unspecified atom stereocenters. The van der Waals surface area contributed by atoms with E-state index in [-0.39, 0.29) is 5.91 Å². The highest BCUT2D eigenvalue weighted by Crippen LogP contribution is 2.34. The van der Waals surface area contributed by atoms with Crippen LogP contribution >= 0.6 is 11.6 Å². The molecule has 138 valence electrons. The number of rotatable bonds is 5. The van der Waals surface area contributed by atoms with Crippen LogP contribution in [0.3, 0.4) is 0 Å². The predicted molar refractivity (Wildman–Crippen MR) is 99.9 cm³/mol. The summed E-state index contributed by atoms with van der Waals surface area (Å²) < 4.78 is 9.05. The van der Waals surface area contributed by atoms with Crippen molar-refractivity contribution < 1.29 is 9.53 Å². The highest BCUT2D eigenvalue weighted by Gasteiger charge is 2.27. The van der Waals surface area contributed by atoms with Crippen LogP contribution in [-0.2, 0) is 17.9 Å². The van der Waals surface area contributed by atoms with Gasteiger partial charge in [0.2, 0.25) is 0 Å². The van der Waals surface area contributed by atoms with Gasteiger partial charge in [-0.25, -0.2) is 4.98 Å². The zero-order valence-electron chi connectivity index (χ0n) is 14.6. The number of carbonyl (C=O) groups excluding carboxylic acids is 1. The number of nitrogens with zero attached hydrogens (tertiary/aromatic N) is 5. The molecule has 3 aromatic rings. The quantitative estimate of drug-likeness (QED) is 0.533. The molecule has 8 nitrogen and oxygen atoms in total. The van der Waals surface area contributed by atoms with Crippen LogP contribution in [-0.4, -0.2) is 43.9 Å². The third-order valence-corrected chi connectivity index (χ3v) is 4.59. The zero-order valence-corrected chi connectivity index (χ0v) is 15.4. The van der Waals surface area contributed by atoms with Crippen molar-refractivity contribution in [3.05, 3.63) is 59.4 Å². The standard InChI is InChI=1S/C18H17ClN6O2/c1-3-6-20-18(26)16-14-8-24-15(9-27-2)22-23-17(24)12-7-11(19)4-5-13(12)25(14)10-21-16/h3-5,7,10H,1,6,8-9H2,2H3,(H,20,26). The molecule has 0 spiro atoms. The predicted octanol–water partition coefficient (Wildman–Crippen LogP) is 2.21. The molecule has 1 N–H and O–H groups in total. The van der Waals surface area contributed by atoms with Gasteiger partial charge in [0.05, 0.1) is 17.9 Å². The molecular formula is C18H17ClN6O2. The van der Waals surface area contributed by atoms with Gasteiger partial charge in [-0.15, -0.1) is 16.8 Å². The molecule has 0 aliphatic carbocycles. The number of halogens is 1. The van der Waals surface area contributed by atoms with Crippen LogP contribution in [0.2, 0.25) is 5.02 Å². The summed E-state index contributed by atoms with van der Waals surface area (Å²) in [5.74, 6) is 1.07. The first-order valence-electron chi connectivity index (χ1n) is 8.30. The van der Waals surface area contributed by atoms with Crippen LogP contribution in [0.15, 0.2) is 37.2 Å². The molecule has 0 atom stereocenters. The van der Waals surface area contributed by atoms with Crippen LogP contribution in [0.5, 0.6) is 0 Å². The van der Waals surface area contributed by atoms with Gasteiger partial charge in [-0.2, -0.15) is 0 Å². The second-order valence-electron chi connectivity index (χ2n) is 6.03. The fraction of sp³-hybridized carbons (Fsp3) is 0.222. The van der Waals surface area contributed by atoms with Crippen LogP contribution in [0, 0.1) is 0 Å². The van der Waals surface area contributed by atoms with Crippen molar-refractivity contribution in [1.29, 1.82) is 0 Å². The van der Waals surface area contributed by atoms with Gasteiger partial charge in [0.25, 0.3) is 5.91 Å². The summed E-state index contributed by atoms with van der Waals surface area (Å²) in [6.45, 7) is 4.67. The topological polar surface area (TPSA) is 86.9 Å². The Kier molecular flexibility index (Phi) is 4.51. The van der Waals surface area contributed by atoms with Crippen molar-refractivity contribution in [2.75, 3.05) is 13.7 Å². The Labute approximate surface area is 160 Å². The molecule has 0 fully saturated rings. The molecule has 0 saturated carbocycles. The SMILES string of the molecule is C=CCNC(=O)c1ncn2c1Cn1c(COC)nnc1-c1cc(Cl)ccc1-2. The summed E-state index contributed by atoms with van der Waals surface area (Å²) in [6.07, 6.45) is 3.26. The van der Waals surface area contributed by atoms with E-state index in [2.05, 4.69) is 27.1 Å². The molecule has 0 bridgehead atoms. The summed E-state index contributed by atoms with van der Waals surface area (Å²) in [7, 11) is 1.60. The fourth-order valence-electron chi connectivity index (χ4n) is 3.15. The van der Waals surface area contributed by atoms with Crippen LogP contribution in [0.1, 0.15) is 22.0 Å². The molecule has 3 heterocycles. The summed E-state index contributed by atoms with van der Waals surface area (Å²) >= 11 is 6.22. The molecule has 4 rings (SSSR count). The molecular weight excluding hydrogens is 368 g/mol. The van der Waals surface area contributed by atoms with Gasteiger partial charge in [0.1, 0.15) is 12.9 Å². The average Bonchev–Trinajstić information content (AvgIpc) is 3.22. The molecule has 1 aliphatic heterocycles. The Hall–Kier alpha value is -2.97. The summed E-state index contributed by atoms with van der Waals surface area (Å²) in [6, 6.07) is 5.51. The molecule has 2 aromatic heterocycles. The van der Waals surface area contributed by atoms with Gasteiger partial charge in [0, 0.05) is 24.2 Å². The van der Waals surface area contributed by atoms with E-state index in [4.69, 9.17) is 16.3 Å². The number of nitrogens with one attached hydrogen (secondary N) is 1. The first kappa shape index (κ1) is 17.4. The third kappa shape index (κ3) is 2.92. The number of ether oxygens (including phenoxy) is 1. The van der Waals surface area contributed by atoms with Crippen LogP contribution in [0.4, 0.5) is 0 Å². The number of hydrogen-bond acceptors (Lipinski definition) is 5. The minimum atomic E-state index is -0.260. The molecule has 9 heteroatoms. The Morgan fingerprint density at radius 1 is 1.44 bits per heavy atom. The number of methoxy groups -OCH3 is 1. The first-order valence-corrected chi connectivity index (χ1v) is 8.68. The number of amides is 1. The summed E-state index contributed by atoms with van der Waals surface area (Å²) in [5, 5.41) is 11.9. The van der Waals surface area contributed by atoms with Gasteiger partial charge in [-0.05, 0) is 18.2 Å². The molecule has 1 aliphatic rings. The van der Waals surface area contributed by atoms with Gasteiger partial charge in [-0.1, -0.05) is 17.7 Å². The zero-order chi connectivity index (χ0) is 19.0. The van der Waals surface area contributed by atoms with Crippen LogP contribution < -0.4 is 5.32 Å². The van der Waals surface area contributed by atoms with Crippen molar-refractivity contribution in [2.24, 2.45) is 0 Å². The summed E-state index contributed by atoms with van der Waals surface area (Å²) in [5.41, 5.74) is 2.73. The van der Waals surface area contributed by atoms with E-state index in [1.54, 1.807) is 25.6 Å². The minimum absolute atomic E-state index is 0.260. The molecule has 1 amide bonds. The van der Waals surface area contributed by atoms with E-state index >= 15 is 0 Å². The van der Waals surface area contributed by atoms with Gasteiger partial charge in [0.15, 0.2) is 17.3 Å². The Bertz CT molecular complexity index is 1040.